The molecule has 0 aliphatic carbocycles. The number of aryl methyl sites for hydroxylation is 1. The summed E-state index contributed by atoms with van der Waals surface area (Å²) >= 11 is 0. The van der Waals surface area contributed by atoms with Gasteiger partial charge in [0.25, 0.3) is 0 Å². The standard InChI is InChI=1S/C16H23N3O2/c1-4-12(3)15-16(21)19(6-5-14(20)18-15)10-13-7-11(2)8-17-9-13/h7-9,12,15H,4-6,10H2,1-3H3,(H,18,20). The van der Waals surface area contributed by atoms with Crippen LogP contribution in [-0.4, -0.2) is 34.3 Å². The van der Waals surface area contributed by atoms with Gasteiger partial charge in [-0.3, -0.25) is 14.6 Å². The minimum Gasteiger partial charge on any atom is -0.344 e. The van der Waals surface area contributed by atoms with Gasteiger partial charge in [0.15, 0.2) is 0 Å². The van der Waals surface area contributed by atoms with E-state index < -0.39 is 6.04 Å². The van der Waals surface area contributed by atoms with E-state index in [1.165, 1.54) is 0 Å². The number of nitrogens with one attached hydrogen (secondary N) is 1. The van der Waals surface area contributed by atoms with E-state index in [0.717, 1.165) is 17.5 Å². The fourth-order valence-corrected chi connectivity index (χ4v) is 2.55. The summed E-state index contributed by atoms with van der Waals surface area (Å²) in [4.78, 5) is 30.4. The number of hydrogen-bond acceptors (Lipinski definition) is 3. The molecule has 1 aromatic rings. The molecule has 0 saturated carbocycles. The molecule has 21 heavy (non-hydrogen) atoms. The maximum atomic E-state index is 12.7. The van der Waals surface area contributed by atoms with Crippen molar-refractivity contribution in [1.29, 1.82) is 0 Å². The van der Waals surface area contributed by atoms with E-state index in [2.05, 4.69) is 10.3 Å². The van der Waals surface area contributed by atoms with Gasteiger partial charge < -0.3 is 10.2 Å². The van der Waals surface area contributed by atoms with Crippen LogP contribution in [0.1, 0.15) is 37.8 Å². The lowest BCUT2D eigenvalue weighted by molar-refractivity contribution is -0.135. The average Bonchev–Trinajstić information content (AvgIpc) is 2.60. The summed E-state index contributed by atoms with van der Waals surface area (Å²) in [5.41, 5.74) is 2.07. The second-order valence-electron chi connectivity index (χ2n) is 5.81. The molecule has 5 nitrogen and oxygen atoms in total. The summed E-state index contributed by atoms with van der Waals surface area (Å²) in [5.74, 6) is 0.105. The third-order valence-corrected chi connectivity index (χ3v) is 4.02. The second kappa shape index (κ2) is 6.70. The Morgan fingerprint density at radius 2 is 2.19 bits per heavy atom. The third kappa shape index (κ3) is 3.80. The largest absolute Gasteiger partial charge is 0.344 e. The van der Waals surface area contributed by atoms with Crippen molar-refractivity contribution >= 4 is 11.8 Å². The fraction of sp³-hybridized carbons (Fsp3) is 0.562. The molecule has 2 rings (SSSR count). The lowest BCUT2D eigenvalue weighted by atomic mass is 9.98. The van der Waals surface area contributed by atoms with Crippen molar-refractivity contribution in [2.75, 3.05) is 6.54 Å². The van der Waals surface area contributed by atoms with Gasteiger partial charge in [-0.25, -0.2) is 0 Å². The van der Waals surface area contributed by atoms with Gasteiger partial charge in [0.05, 0.1) is 0 Å². The minimum absolute atomic E-state index is 0.0108. The van der Waals surface area contributed by atoms with Gasteiger partial charge in [-0.1, -0.05) is 26.3 Å². The van der Waals surface area contributed by atoms with Gasteiger partial charge in [-0.05, 0) is 24.0 Å². The van der Waals surface area contributed by atoms with Crippen LogP contribution in [0.5, 0.6) is 0 Å². The molecule has 0 spiro atoms. The van der Waals surface area contributed by atoms with Crippen LogP contribution in [0.15, 0.2) is 18.5 Å². The predicted molar refractivity (Wildman–Crippen MR) is 80.4 cm³/mol. The number of hydrogen-bond donors (Lipinski definition) is 1. The second-order valence-corrected chi connectivity index (χ2v) is 5.81. The van der Waals surface area contributed by atoms with Crippen molar-refractivity contribution < 1.29 is 9.59 Å². The Kier molecular flexibility index (Phi) is 4.94. The summed E-state index contributed by atoms with van der Waals surface area (Å²) < 4.78 is 0. The molecule has 5 heteroatoms. The van der Waals surface area contributed by atoms with Crippen LogP contribution < -0.4 is 5.32 Å². The van der Waals surface area contributed by atoms with E-state index in [-0.39, 0.29) is 17.7 Å². The zero-order chi connectivity index (χ0) is 15.4. The number of aromatic nitrogens is 1. The fourth-order valence-electron chi connectivity index (χ4n) is 2.55. The molecule has 2 atom stereocenters. The normalized spacial score (nSPS) is 20.9. The Bertz CT molecular complexity index is 530. The Morgan fingerprint density at radius 1 is 1.43 bits per heavy atom. The van der Waals surface area contributed by atoms with Gasteiger partial charge >= 0.3 is 0 Å². The van der Waals surface area contributed by atoms with Crippen LogP contribution in [0.3, 0.4) is 0 Å². The molecule has 1 fully saturated rings. The maximum Gasteiger partial charge on any atom is 0.245 e. The highest BCUT2D eigenvalue weighted by Crippen LogP contribution is 2.16. The Balaban J connectivity index is 2.17. The molecule has 0 radical (unpaired) electrons. The van der Waals surface area contributed by atoms with Gasteiger partial charge in [0, 0.05) is 31.9 Å². The average molecular weight is 289 g/mol. The maximum absolute atomic E-state index is 12.7. The monoisotopic (exact) mass is 289 g/mol. The van der Waals surface area contributed by atoms with E-state index in [0.29, 0.717) is 19.5 Å². The van der Waals surface area contributed by atoms with Gasteiger partial charge in [0.1, 0.15) is 6.04 Å². The molecule has 0 aromatic carbocycles. The first-order chi connectivity index (χ1) is 10.0. The van der Waals surface area contributed by atoms with Crippen LogP contribution in [0, 0.1) is 12.8 Å². The zero-order valence-electron chi connectivity index (χ0n) is 12.9. The molecule has 1 aliphatic heterocycles. The van der Waals surface area contributed by atoms with Crippen molar-refractivity contribution in [1.82, 2.24) is 15.2 Å². The first kappa shape index (κ1) is 15.5. The van der Waals surface area contributed by atoms with Crippen LogP contribution >= 0.6 is 0 Å². The van der Waals surface area contributed by atoms with E-state index in [1.807, 2.05) is 26.8 Å². The number of rotatable bonds is 4. The molecule has 1 saturated heterocycles. The van der Waals surface area contributed by atoms with E-state index >= 15 is 0 Å². The van der Waals surface area contributed by atoms with Gasteiger partial charge in [0.2, 0.25) is 11.8 Å². The third-order valence-electron chi connectivity index (χ3n) is 4.02. The molecular weight excluding hydrogens is 266 g/mol. The topological polar surface area (TPSA) is 62.3 Å². The minimum atomic E-state index is -0.414. The Labute approximate surface area is 125 Å². The number of nitrogens with zero attached hydrogens (tertiary/aromatic N) is 2. The zero-order valence-corrected chi connectivity index (χ0v) is 12.9. The summed E-state index contributed by atoms with van der Waals surface area (Å²) in [5, 5.41) is 2.86. The highest BCUT2D eigenvalue weighted by Gasteiger charge is 2.32. The van der Waals surface area contributed by atoms with Gasteiger partial charge in [-0.2, -0.15) is 0 Å². The molecule has 1 aromatic heterocycles. The number of amides is 2. The predicted octanol–water partition coefficient (Wildman–Crippen LogP) is 1.65. The first-order valence-electron chi connectivity index (χ1n) is 7.50. The lowest BCUT2D eigenvalue weighted by Gasteiger charge is -2.27. The molecular formula is C16H23N3O2. The van der Waals surface area contributed by atoms with Crippen molar-refractivity contribution in [3.05, 3.63) is 29.6 Å². The Morgan fingerprint density at radius 3 is 2.86 bits per heavy atom. The van der Waals surface area contributed by atoms with E-state index in [1.54, 1.807) is 17.3 Å². The lowest BCUT2D eigenvalue weighted by Crippen LogP contribution is -2.48. The van der Waals surface area contributed by atoms with Crippen LogP contribution in [0.2, 0.25) is 0 Å². The smallest absolute Gasteiger partial charge is 0.245 e. The summed E-state index contributed by atoms with van der Waals surface area (Å²) in [7, 11) is 0. The van der Waals surface area contributed by atoms with Crippen LogP contribution in [0.4, 0.5) is 0 Å². The molecule has 2 unspecified atom stereocenters. The SMILES string of the molecule is CCC(C)C1NC(=O)CCN(Cc2cncc(C)c2)C1=O. The van der Waals surface area contributed by atoms with Crippen LogP contribution in [0.25, 0.3) is 0 Å². The number of carbonyl (C=O) groups is 2. The van der Waals surface area contributed by atoms with Crippen molar-refractivity contribution in [2.24, 2.45) is 5.92 Å². The van der Waals surface area contributed by atoms with Crippen molar-refractivity contribution in [3.8, 4) is 0 Å². The molecule has 0 bridgehead atoms. The summed E-state index contributed by atoms with van der Waals surface area (Å²) in [6, 6.07) is 1.61. The van der Waals surface area contributed by atoms with E-state index in [9.17, 15) is 9.59 Å². The summed E-state index contributed by atoms with van der Waals surface area (Å²) in [6.45, 7) is 6.99. The van der Waals surface area contributed by atoms with Crippen molar-refractivity contribution in [2.45, 2.75) is 46.2 Å². The highest BCUT2D eigenvalue weighted by molar-refractivity contribution is 5.90. The molecule has 114 valence electrons. The molecule has 2 amide bonds. The quantitative estimate of drug-likeness (QED) is 0.917. The first-order valence-corrected chi connectivity index (χ1v) is 7.50. The number of carbonyl (C=O) groups excluding carboxylic acids is 2. The van der Waals surface area contributed by atoms with E-state index in [4.69, 9.17) is 0 Å². The van der Waals surface area contributed by atoms with Gasteiger partial charge in [-0.15, -0.1) is 0 Å². The molecule has 2 heterocycles. The Hall–Kier alpha value is -1.91. The number of pyridine rings is 1. The summed E-state index contributed by atoms with van der Waals surface area (Å²) in [6.07, 6.45) is 4.79. The van der Waals surface area contributed by atoms with Crippen molar-refractivity contribution in [3.63, 3.8) is 0 Å². The van der Waals surface area contributed by atoms with Crippen LogP contribution in [-0.2, 0) is 16.1 Å². The molecule has 1 aliphatic rings. The molecule has 1 N–H and O–H groups in total. The highest BCUT2D eigenvalue weighted by atomic mass is 16.2.